The van der Waals surface area contributed by atoms with Crippen LogP contribution in [0.15, 0.2) is 41.1 Å². The van der Waals surface area contributed by atoms with Crippen molar-refractivity contribution in [2.45, 2.75) is 50.9 Å². The summed E-state index contributed by atoms with van der Waals surface area (Å²) in [6.07, 6.45) is 6.38. The van der Waals surface area contributed by atoms with E-state index in [4.69, 9.17) is 14.2 Å². The minimum Gasteiger partial charge on any atom is -0.497 e. The van der Waals surface area contributed by atoms with Crippen LogP contribution in [0.1, 0.15) is 60.3 Å². The number of rotatable bonds is 6. The molecule has 7 nitrogen and oxygen atoms in total. The van der Waals surface area contributed by atoms with Crippen molar-refractivity contribution in [2.75, 3.05) is 20.2 Å². The maximum Gasteiger partial charge on any atom is 0.226 e. The Hall–Kier alpha value is -3.22. The van der Waals surface area contributed by atoms with Gasteiger partial charge in [-0.2, -0.15) is 0 Å². The number of amides is 1. The molecule has 32 heavy (non-hydrogen) atoms. The van der Waals surface area contributed by atoms with Gasteiger partial charge in [-0.05, 0) is 50.3 Å². The van der Waals surface area contributed by atoms with Crippen LogP contribution in [0.2, 0.25) is 0 Å². The van der Waals surface area contributed by atoms with Gasteiger partial charge in [0.25, 0.3) is 0 Å². The summed E-state index contributed by atoms with van der Waals surface area (Å²) in [6.45, 7) is 3.37. The van der Waals surface area contributed by atoms with Crippen molar-refractivity contribution in [3.05, 3.63) is 59.3 Å². The molecule has 1 aliphatic carbocycles. The van der Waals surface area contributed by atoms with E-state index in [-0.39, 0.29) is 11.8 Å². The number of carbonyl (C=O) groups is 1. The summed E-state index contributed by atoms with van der Waals surface area (Å²) in [7, 11) is 1.64. The number of aromatic nitrogens is 3. The van der Waals surface area contributed by atoms with Crippen LogP contribution in [0.25, 0.3) is 11.3 Å². The van der Waals surface area contributed by atoms with Gasteiger partial charge in [0, 0.05) is 37.2 Å². The number of aryl methyl sites for hydroxylation is 1. The Bertz CT molecular complexity index is 1110. The molecule has 2 aliphatic rings. The normalized spacial score (nSPS) is 16.9. The van der Waals surface area contributed by atoms with Crippen LogP contribution in [0.4, 0.5) is 0 Å². The minimum atomic E-state index is 0.157. The maximum atomic E-state index is 12.9. The van der Waals surface area contributed by atoms with Gasteiger partial charge < -0.3 is 14.2 Å². The van der Waals surface area contributed by atoms with E-state index in [2.05, 4.69) is 10.1 Å². The van der Waals surface area contributed by atoms with Gasteiger partial charge in [-0.15, -0.1) is 0 Å². The van der Waals surface area contributed by atoms with Gasteiger partial charge in [-0.3, -0.25) is 4.79 Å². The van der Waals surface area contributed by atoms with E-state index in [9.17, 15) is 4.79 Å². The first kappa shape index (κ1) is 20.7. The van der Waals surface area contributed by atoms with Crippen molar-refractivity contribution in [1.82, 2.24) is 20.0 Å². The van der Waals surface area contributed by atoms with Crippen LogP contribution in [0.3, 0.4) is 0 Å². The Morgan fingerprint density at radius 3 is 2.66 bits per heavy atom. The summed E-state index contributed by atoms with van der Waals surface area (Å²) >= 11 is 0. The molecule has 3 aromatic rings. The van der Waals surface area contributed by atoms with E-state index in [1.165, 1.54) is 0 Å². The summed E-state index contributed by atoms with van der Waals surface area (Å²) in [6, 6.07) is 9.65. The minimum absolute atomic E-state index is 0.157. The second kappa shape index (κ2) is 8.73. The number of carbonyl (C=O) groups excluding carboxylic acids is 1. The fourth-order valence-corrected chi connectivity index (χ4v) is 4.41. The number of hydrogen-bond donors (Lipinski definition) is 0. The predicted molar refractivity (Wildman–Crippen MR) is 119 cm³/mol. The van der Waals surface area contributed by atoms with Gasteiger partial charge in [-0.1, -0.05) is 17.3 Å². The number of piperidine rings is 1. The van der Waals surface area contributed by atoms with E-state index in [1.54, 1.807) is 7.11 Å². The molecular formula is C25H28N4O3. The number of hydrogen-bond acceptors (Lipinski definition) is 6. The number of benzene rings is 1. The molecule has 5 rings (SSSR count). The van der Waals surface area contributed by atoms with Crippen molar-refractivity contribution in [1.29, 1.82) is 0 Å². The molecule has 2 fully saturated rings. The highest BCUT2D eigenvalue weighted by atomic mass is 16.5. The Kier molecular flexibility index (Phi) is 5.64. The summed E-state index contributed by atoms with van der Waals surface area (Å²) in [5, 5.41) is 4.04. The molecule has 1 aromatic carbocycles. The molecule has 0 N–H and O–H groups in total. The average molecular weight is 433 g/mol. The SMILES string of the molecule is COc1cccc(CC(=O)N2CCC(c3nc(C4CC4)ncc3-c3cc(C)no3)CC2)c1. The Labute approximate surface area is 187 Å². The van der Waals surface area contributed by atoms with Gasteiger partial charge in [0.15, 0.2) is 5.76 Å². The molecule has 7 heteroatoms. The standard InChI is InChI=1S/C25H28N4O3/c1-16-12-22(32-28-16)21-15-26-25(19-6-7-19)27-24(21)18-8-10-29(11-9-18)23(30)14-17-4-3-5-20(13-17)31-2/h3-5,12-13,15,18-19H,6-11,14H2,1-2H3. The summed E-state index contributed by atoms with van der Waals surface area (Å²) in [4.78, 5) is 24.5. The van der Waals surface area contributed by atoms with E-state index in [0.717, 1.165) is 78.6 Å². The number of nitrogens with zero attached hydrogens (tertiary/aromatic N) is 4. The Morgan fingerprint density at radius 2 is 1.97 bits per heavy atom. The summed E-state index contributed by atoms with van der Waals surface area (Å²) < 4.78 is 10.8. The van der Waals surface area contributed by atoms with Crippen LogP contribution in [-0.4, -0.2) is 46.1 Å². The van der Waals surface area contributed by atoms with E-state index in [0.29, 0.717) is 12.3 Å². The summed E-state index contributed by atoms with van der Waals surface area (Å²) in [5.41, 5.74) is 3.79. The zero-order valence-corrected chi connectivity index (χ0v) is 18.6. The van der Waals surface area contributed by atoms with Crippen molar-refractivity contribution >= 4 is 5.91 Å². The van der Waals surface area contributed by atoms with Crippen molar-refractivity contribution in [3.8, 4) is 17.1 Å². The fraction of sp³-hybridized carbons (Fsp3) is 0.440. The number of methoxy groups -OCH3 is 1. The van der Waals surface area contributed by atoms with Crippen molar-refractivity contribution in [3.63, 3.8) is 0 Å². The molecule has 1 saturated carbocycles. The lowest BCUT2D eigenvalue weighted by Gasteiger charge is -2.32. The third-order valence-electron chi connectivity index (χ3n) is 6.40. The molecule has 0 unspecified atom stereocenters. The zero-order valence-electron chi connectivity index (χ0n) is 18.6. The third-order valence-corrected chi connectivity index (χ3v) is 6.40. The van der Waals surface area contributed by atoms with Gasteiger partial charge in [-0.25, -0.2) is 9.97 Å². The van der Waals surface area contributed by atoms with E-state index in [1.807, 2.05) is 48.4 Å². The molecule has 2 aromatic heterocycles. The largest absolute Gasteiger partial charge is 0.497 e. The lowest BCUT2D eigenvalue weighted by molar-refractivity contribution is -0.131. The first-order valence-electron chi connectivity index (χ1n) is 11.3. The monoisotopic (exact) mass is 432 g/mol. The topological polar surface area (TPSA) is 81.4 Å². The maximum absolute atomic E-state index is 12.9. The highest BCUT2D eigenvalue weighted by Crippen LogP contribution is 2.41. The van der Waals surface area contributed by atoms with Crippen molar-refractivity contribution < 1.29 is 14.1 Å². The van der Waals surface area contributed by atoms with Crippen LogP contribution in [0.5, 0.6) is 5.75 Å². The zero-order chi connectivity index (χ0) is 22.1. The second-order valence-electron chi connectivity index (χ2n) is 8.82. The average Bonchev–Trinajstić information content (AvgIpc) is 3.59. The van der Waals surface area contributed by atoms with Gasteiger partial charge >= 0.3 is 0 Å². The molecule has 1 saturated heterocycles. The number of likely N-dealkylation sites (tertiary alicyclic amines) is 1. The molecule has 1 amide bonds. The van der Waals surface area contributed by atoms with Crippen LogP contribution >= 0.6 is 0 Å². The fourth-order valence-electron chi connectivity index (χ4n) is 4.41. The van der Waals surface area contributed by atoms with Gasteiger partial charge in [0.2, 0.25) is 5.91 Å². The Balaban J connectivity index is 1.30. The Morgan fingerprint density at radius 1 is 1.16 bits per heavy atom. The lowest BCUT2D eigenvalue weighted by Crippen LogP contribution is -2.39. The first-order valence-corrected chi connectivity index (χ1v) is 11.3. The molecule has 0 bridgehead atoms. The van der Waals surface area contributed by atoms with E-state index >= 15 is 0 Å². The second-order valence-corrected chi connectivity index (χ2v) is 8.82. The highest BCUT2D eigenvalue weighted by Gasteiger charge is 2.31. The predicted octanol–water partition coefficient (Wildman–Crippen LogP) is 4.27. The molecule has 3 heterocycles. The molecule has 1 aliphatic heterocycles. The van der Waals surface area contributed by atoms with E-state index < -0.39 is 0 Å². The number of ether oxygens (including phenoxy) is 1. The van der Waals surface area contributed by atoms with Crippen LogP contribution in [0, 0.1) is 6.92 Å². The quantitative estimate of drug-likeness (QED) is 0.578. The summed E-state index contributed by atoms with van der Waals surface area (Å²) in [5.74, 6) is 3.36. The third kappa shape index (κ3) is 4.38. The van der Waals surface area contributed by atoms with Crippen LogP contribution in [-0.2, 0) is 11.2 Å². The smallest absolute Gasteiger partial charge is 0.226 e. The molecule has 166 valence electrons. The highest BCUT2D eigenvalue weighted by molar-refractivity contribution is 5.79. The van der Waals surface area contributed by atoms with Crippen LogP contribution < -0.4 is 4.74 Å². The van der Waals surface area contributed by atoms with Crippen molar-refractivity contribution in [2.24, 2.45) is 0 Å². The lowest BCUT2D eigenvalue weighted by atomic mass is 9.89. The first-order chi connectivity index (χ1) is 15.6. The van der Waals surface area contributed by atoms with Gasteiger partial charge in [0.1, 0.15) is 11.6 Å². The molecule has 0 atom stereocenters. The molecular weight excluding hydrogens is 404 g/mol. The van der Waals surface area contributed by atoms with Gasteiger partial charge in [0.05, 0.1) is 30.5 Å². The molecule has 0 radical (unpaired) electrons. The molecule has 0 spiro atoms.